The van der Waals surface area contributed by atoms with E-state index >= 15 is 0 Å². The fourth-order valence-electron chi connectivity index (χ4n) is 1.60. The Kier molecular flexibility index (Phi) is 3.27. The fraction of sp³-hybridized carbons (Fsp3) is 0. The summed E-state index contributed by atoms with van der Waals surface area (Å²) in [6, 6.07) is 2.84. The van der Waals surface area contributed by atoms with Gasteiger partial charge in [-0.3, -0.25) is 20.2 Å². The lowest BCUT2D eigenvalue weighted by Gasteiger charge is -2.22. The van der Waals surface area contributed by atoms with Gasteiger partial charge in [-0.15, -0.1) is 32.3 Å². The van der Waals surface area contributed by atoms with Crippen LogP contribution in [-0.2, 0) is 0 Å². The maximum Gasteiger partial charge on any atom is 0.281 e. The maximum absolute atomic E-state index is 10.8. The Balaban J connectivity index is 2.11. The van der Waals surface area contributed by atoms with Crippen LogP contribution in [0.4, 0.5) is 11.4 Å². The van der Waals surface area contributed by atoms with E-state index in [-0.39, 0.29) is 11.4 Å². The molecule has 12 heteroatoms. The molecule has 1 aliphatic rings. The van der Waals surface area contributed by atoms with E-state index in [0.717, 1.165) is 0 Å². The van der Waals surface area contributed by atoms with Crippen LogP contribution in [-0.4, -0.2) is 15.4 Å². The molecule has 0 unspecified atom stereocenters. The van der Waals surface area contributed by atoms with E-state index in [4.69, 9.17) is 0 Å². The van der Waals surface area contributed by atoms with Gasteiger partial charge in [-0.25, -0.2) is 0 Å². The molecule has 108 valence electrons. The summed E-state index contributed by atoms with van der Waals surface area (Å²) in [5, 5.41) is 31.8. The highest BCUT2D eigenvalue weighted by molar-refractivity contribution is 8.44. The first-order valence-corrected chi connectivity index (χ1v) is 8.69. The van der Waals surface area contributed by atoms with Crippen LogP contribution in [0, 0.1) is 20.2 Å². The van der Waals surface area contributed by atoms with Crippen molar-refractivity contribution in [2.45, 2.75) is 8.42 Å². The van der Waals surface area contributed by atoms with Crippen LogP contribution in [0.15, 0.2) is 46.2 Å². The second-order valence-electron chi connectivity index (χ2n) is 3.78. The molecular weight excluding hydrogens is 338 g/mol. The minimum atomic E-state index is -2.15. The largest absolute Gasteiger partial charge is 0.281 e. The van der Waals surface area contributed by atoms with Crippen molar-refractivity contribution < 1.29 is 9.85 Å². The SMILES string of the molecule is O=[N+]([O-])c1csc(S2(c3cc([N+](=O)[O-])cs3)C=NN=N2)c1. The van der Waals surface area contributed by atoms with Gasteiger partial charge >= 0.3 is 0 Å². The summed E-state index contributed by atoms with van der Waals surface area (Å²) in [5.74, 6) is 0. The molecule has 3 rings (SSSR count). The molecule has 2 aromatic rings. The van der Waals surface area contributed by atoms with Gasteiger partial charge in [0.15, 0.2) is 0 Å². The van der Waals surface area contributed by atoms with Gasteiger partial charge in [-0.2, -0.15) is 0 Å². The van der Waals surface area contributed by atoms with Crippen molar-refractivity contribution in [1.29, 1.82) is 0 Å². The van der Waals surface area contributed by atoms with Crippen molar-refractivity contribution in [1.82, 2.24) is 0 Å². The Morgan fingerprint density at radius 1 is 1.00 bits per heavy atom. The Hall–Kier alpha value is -2.18. The summed E-state index contributed by atoms with van der Waals surface area (Å²) in [4.78, 5) is 20.6. The normalized spacial score (nSPS) is 17.0. The zero-order chi connectivity index (χ0) is 15.0. The second-order valence-corrected chi connectivity index (χ2v) is 8.62. The maximum atomic E-state index is 10.8. The number of hydrogen-bond donors (Lipinski definition) is 0. The lowest BCUT2D eigenvalue weighted by atomic mass is 10.6. The molecule has 0 N–H and O–H groups in total. The Bertz CT molecular complexity index is 729. The minimum absolute atomic E-state index is 0.0385. The molecular formula is C9H5N5O4S3. The van der Waals surface area contributed by atoms with Crippen molar-refractivity contribution in [3.05, 3.63) is 43.1 Å². The topological polar surface area (TPSA) is 123 Å². The molecule has 0 atom stereocenters. The summed E-state index contributed by atoms with van der Waals surface area (Å²) >= 11 is 2.35. The highest BCUT2D eigenvalue weighted by atomic mass is 32.3. The molecule has 0 saturated heterocycles. The molecule has 0 saturated carbocycles. The molecule has 0 spiro atoms. The smallest absolute Gasteiger partial charge is 0.258 e. The van der Waals surface area contributed by atoms with E-state index in [1.165, 1.54) is 51.1 Å². The quantitative estimate of drug-likeness (QED) is 0.610. The molecule has 3 heterocycles. The van der Waals surface area contributed by atoms with Crippen molar-refractivity contribution in [2.75, 3.05) is 0 Å². The third-order valence-corrected chi connectivity index (χ3v) is 8.29. The lowest BCUT2D eigenvalue weighted by molar-refractivity contribution is -0.384. The number of hydrogen-bond acceptors (Lipinski definition) is 9. The van der Waals surface area contributed by atoms with Crippen molar-refractivity contribution in [2.24, 2.45) is 14.8 Å². The molecule has 1 aliphatic heterocycles. The van der Waals surface area contributed by atoms with Gasteiger partial charge in [0.05, 0.1) is 34.6 Å². The first-order chi connectivity index (χ1) is 10.0. The highest BCUT2D eigenvalue weighted by Crippen LogP contribution is 2.67. The minimum Gasteiger partial charge on any atom is -0.258 e. The van der Waals surface area contributed by atoms with Gasteiger partial charge in [-0.1, -0.05) is 0 Å². The Labute approximate surface area is 126 Å². The molecule has 0 aliphatic carbocycles. The van der Waals surface area contributed by atoms with E-state index in [9.17, 15) is 20.2 Å². The molecule has 9 nitrogen and oxygen atoms in total. The predicted molar refractivity (Wildman–Crippen MR) is 79.4 cm³/mol. The van der Waals surface area contributed by atoms with E-state index in [2.05, 4.69) is 14.8 Å². The zero-order valence-electron chi connectivity index (χ0n) is 9.98. The van der Waals surface area contributed by atoms with Crippen LogP contribution in [0.25, 0.3) is 0 Å². The lowest BCUT2D eigenvalue weighted by Crippen LogP contribution is -1.93. The van der Waals surface area contributed by atoms with Crippen molar-refractivity contribution in [3.63, 3.8) is 0 Å². The van der Waals surface area contributed by atoms with Crippen LogP contribution in [0.5, 0.6) is 0 Å². The summed E-state index contributed by atoms with van der Waals surface area (Å²) in [6.45, 7) is 0. The van der Waals surface area contributed by atoms with Crippen LogP contribution >= 0.6 is 32.9 Å². The number of nitrogens with zero attached hydrogens (tertiary/aromatic N) is 5. The van der Waals surface area contributed by atoms with Crippen molar-refractivity contribution in [3.8, 4) is 0 Å². The van der Waals surface area contributed by atoms with Crippen LogP contribution < -0.4 is 0 Å². The van der Waals surface area contributed by atoms with Gasteiger partial charge < -0.3 is 0 Å². The monoisotopic (exact) mass is 343 g/mol. The van der Waals surface area contributed by atoms with E-state index in [0.29, 0.717) is 8.42 Å². The van der Waals surface area contributed by atoms with Gasteiger partial charge in [0.1, 0.15) is 0 Å². The predicted octanol–water partition coefficient (Wildman–Crippen LogP) is 4.17. The molecule has 0 radical (unpaired) electrons. The highest BCUT2D eigenvalue weighted by Gasteiger charge is 2.35. The third-order valence-electron chi connectivity index (χ3n) is 2.57. The third kappa shape index (κ3) is 2.22. The summed E-state index contributed by atoms with van der Waals surface area (Å²) in [5.41, 5.74) is 1.44. The number of nitro groups is 2. The van der Waals surface area contributed by atoms with E-state index in [1.807, 2.05) is 0 Å². The Morgan fingerprint density at radius 3 is 1.86 bits per heavy atom. The standard InChI is InChI=1S/C9H5N5O4S3/c15-13(16)6-1-8(19-3-6)21(5-10-11-12-21)9-2-7(4-20-9)14(17)18/h1-5H. The van der Waals surface area contributed by atoms with Crippen LogP contribution in [0.3, 0.4) is 0 Å². The van der Waals surface area contributed by atoms with E-state index < -0.39 is 20.1 Å². The van der Waals surface area contributed by atoms with Crippen molar-refractivity contribution >= 4 is 49.8 Å². The average Bonchev–Trinajstić information content (AvgIpc) is 3.18. The first kappa shape index (κ1) is 13.8. The number of thiophene rings is 2. The molecule has 0 fully saturated rings. The van der Waals surface area contributed by atoms with Crippen LogP contribution in [0.1, 0.15) is 0 Å². The van der Waals surface area contributed by atoms with Gasteiger partial charge in [-0.05, 0) is 15.4 Å². The molecule has 21 heavy (non-hydrogen) atoms. The number of rotatable bonds is 4. The molecule has 0 bridgehead atoms. The molecule has 2 aromatic heterocycles. The second kappa shape index (κ2) is 4.98. The van der Waals surface area contributed by atoms with Gasteiger partial charge in [0.25, 0.3) is 11.4 Å². The van der Waals surface area contributed by atoms with Gasteiger partial charge in [0.2, 0.25) is 0 Å². The summed E-state index contributed by atoms with van der Waals surface area (Å²) < 4.78 is 5.36. The average molecular weight is 343 g/mol. The van der Waals surface area contributed by atoms with Gasteiger partial charge in [0, 0.05) is 12.1 Å². The van der Waals surface area contributed by atoms with Crippen LogP contribution in [0.2, 0.25) is 0 Å². The first-order valence-electron chi connectivity index (χ1n) is 5.27. The molecule has 0 aromatic carbocycles. The van der Waals surface area contributed by atoms with E-state index in [1.54, 1.807) is 0 Å². The fourth-order valence-corrected chi connectivity index (χ4v) is 6.93. The Morgan fingerprint density at radius 2 is 1.52 bits per heavy atom. The zero-order valence-corrected chi connectivity index (χ0v) is 12.4. The summed E-state index contributed by atoms with van der Waals surface area (Å²) in [7, 11) is -2.15. The molecule has 0 amide bonds. The summed E-state index contributed by atoms with van der Waals surface area (Å²) in [6.07, 6.45) is 0.